The Balaban J connectivity index is 5.50. The van der Waals surface area contributed by atoms with Crippen molar-refractivity contribution in [3.8, 4) is 0 Å². The summed E-state index contributed by atoms with van der Waals surface area (Å²) in [5, 5.41) is 29.1. The van der Waals surface area contributed by atoms with Crippen LogP contribution in [0.2, 0.25) is 0 Å². The third-order valence-corrected chi connectivity index (χ3v) is 7.64. The van der Waals surface area contributed by atoms with Crippen LogP contribution >= 0.6 is 0 Å². The molecule has 0 spiro atoms. The van der Waals surface area contributed by atoms with Gasteiger partial charge in [-0.05, 0) is 19.3 Å². The summed E-state index contributed by atoms with van der Waals surface area (Å²) in [7, 11) is 0. The first kappa shape index (κ1) is 41.2. The molecule has 0 aromatic carbocycles. The molecule has 0 aromatic rings. The van der Waals surface area contributed by atoms with Crippen LogP contribution in [-0.2, 0) is 33.3 Å². The molecular formula is C33H62O10. The fourth-order valence-electron chi connectivity index (χ4n) is 4.36. The summed E-state index contributed by atoms with van der Waals surface area (Å²) in [6.45, 7) is 3.71. The number of carbonyl (C=O) groups excluding carboxylic acids is 3. The average Bonchev–Trinajstić information content (AvgIpc) is 3.02. The van der Waals surface area contributed by atoms with Crippen molar-refractivity contribution in [2.75, 3.05) is 52.9 Å². The van der Waals surface area contributed by atoms with Gasteiger partial charge < -0.3 is 34.3 Å². The van der Waals surface area contributed by atoms with E-state index in [1.165, 1.54) is 19.3 Å². The number of ether oxygens (including phenoxy) is 4. The second-order valence-corrected chi connectivity index (χ2v) is 12.1. The Hall–Kier alpha value is -1.75. The number of hydrogen-bond donors (Lipinski definition) is 3. The molecule has 0 fully saturated rings. The Morgan fingerprint density at radius 1 is 0.442 bits per heavy atom. The van der Waals surface area contributed by atoms with Crippen molar-refractivity contribution in [2.45, 2.75) is 130 Å². The topological polar surface area (TPSA) is 149 Å². The minimum absolute atomic E-state index is 0.162. The van der Waals surface area contributed by atoms with Crippen molar-refractivity contribution >= 4 is 17.9 Å². The molecule has 0 saturated heterocycles. The van der Waals surface area contributed by atoms with Crippen LogP contribution < -0.4 is 0 Å². The first-order chi connectivity index (χ1) is 20.8. The van der Waals surface area contributed by atoms with Crippen molar-refractivity contribution in [1.29, 1.82) is 0 Å². The molecule has 0 aliphatic carbocycles. The Bertz CT molecular complexity index is 702. The van der Waals surface area contributed by atoms with Crippen LogP contribution in [0, 0.1) is 10.8 Å². The largest absolute Gasteiger partial charge is 0.465 e. The van der Waals surface area contributed by atoms with Gasteiger partial charge in [-0.15, -0.1) is 0 Å². The summed E-state index contributed by atoms with van der Waals surface area (Å²) in [6.07, 6.45) is 14.5. The lowest BCUT2D eigenvalue weighted by Crippen LogP contribution is -2.45. The number of rotatable bonds is 30. The molecule has 0 aromatic heterocycles. The average molecular weight is 619 g/mol. The number of esters is 3. The number of aliphatic hydroxyl groups excluding tert-OH is 3. The van der Waals surface area contributed by atoms with E-state index < -0.39 is 48.6 Å². The molecule has 43 heavy (non-hydrogen) atoms. The maximum absolute atomic E-state index is 12.7. The lowest BCUT2D eigenvalue weighted by atomic mass is 9.90. The Labute approximate surface area is 260 Å². The predicted molar refractivity (Wildman–Crippen MR) is 165 cm³/mol. The fraction of sp³-hybridized carbons (Fsp3) is 0.909. The van der Waals surface area contributed by atoms with Gasteiger partial charge in [-0.25, -0.2) is 0 Å². The highest BCUT2D eigenvalue weighted by Gasteiger charge is 2.38. The van der Waals surface area contributed by atoms with E-state index in [1.54, 1.807) is 0 Å². The number of carbonyl (C=O) groups is 3. The number of aliphatic hydroxyl groups is 3. The molecule has 0 heterocycles. The molecule has 10 heteroatoms. The van der Waals surface area contributed by atoms with E-state index in [9.17, 15) is 29.7 Å². The Morgan fingerprint density at radius 3 is 1.14 bits per heavy atom. The maximum atomic E-state index is 12.7. The highest BCUT2D eigenvalue weighted by atomic mass is 16.6. The van der Waals surface area contributed by atoms with Crippen molar-refractivity contribution in [1.82, 2.24) is 0 Å². The maximum Gasteiger partial charge on any atom is 0.305 e. The van der Waals surface area contributed by atoms with E-state index in [0.29, 0.717) is 19.3 Å². The minimum atomic E-state index is -1.29. The first-order valence-corrected chi connectivity index (χ1v) is 16.6. The molecule has 0 amide bonds. The monoisotopic (exact) mass is 618 g/mol. The van der Waals surface area contributed by atoms with Crippen LogP contribution in [0.4, 0.5) is 0 Å². The van der Waals surface area contributed by atoms with Crippen LogP contribution in [0.25, 0.3) is 0 Å². The molecular weight excluding hydrogens is 556 g/mol. The van der Waals surface area contributed by atoms with Gasteiger partial charge in [0.25, 0.3) is 0 Å². The van der Waals surface area contributed by atoms with Crippen LogP contribution in [0.3, 0.4) is 0 Å². The van der Waals surface area contributed by atoms with Crippen LogP contribution in [-0.4, -0.2) is 86.1 Å². The van der Waals surface area contributed by atoms with Gasteiger partial charge in [0.05, 0.1) is 43.9 Å². The van der Waals surface area contributed by atoms with Gasteiger partial charge in [0.2, 0.25) is 0 Å². The lowest BCUT2D eigenvalue weighted by Gasteiger charge is -2.34. The summed E-state index contributed by atoms with van der Waals surface area (Å²) in [6, 6.07) is 0. The molecule has 1 unspecified atom stereocenters. The number of unbranched alkanes of at least 4 members (excludes halogenated alkanes) is 11. The normalized spacial score (nSPS) is 13.0. The van der Waals surface area contributed by atoms with E-state index in [2.05, 4.69) is 13.8 Å². The molecule has 0 radical (unpaired) electrons. The molecule has 1 atom stereocenters. The summed E-state index contributed by atoms with van der Waals surface area (Å²) in [5.41, 5.74) is -2.49. The second kappa shape index (κ2) is 26.6. The van der Waals surface area contributed by atoms with E-state index in [-0.39, 0.29) is 52.3 Å². The van der Waals surface area contributed by atoms with Gasteiger partial charge in [0.1, 0.15) is 19.8 Å². The van der Waals surface area contributed by atoms with Crippen LogP contribution in [0.1, 0.15) is 130 Å². The SMILES string of the molecule is CCCCCCCCCC(=O)OCC(COCC(CO)(CO)CO)(COC(=O)CCCC)COC(=O)CCCCCCC. The first-order valence-electron chi connectivity index (χ1n) is 16.6. The minimum Gasteiger partial charge on any atom is -0.465 e. The van der Waals surface area contributed by atoms with Crippen molar-refractivity contribution in [3.63, 3.8) is 0 Å². The summed E-state index contributed by atoms with van der Waals surface area (Å²) in [4.78, 5) is 37.7. The van der Waals surface area contributed by atoms with E-state index >= 15 is 0 Å². The van der Waals surface area contributed by atoms with Gasteiger partial charge in [-0.3, -0.25) is 14.4 Å². The fourth-order valence-corrected chi connectivity index (χ4v) is 4.36. The van der Waals surface area contributed by atoms with Gasteiger partial charge >= 0.3 is 17.9 Å². The molecule has 254 valence electrons. The molecule has 0 aliphatic heterocycles. The van der Waals surface area contributed by atoms with Crippen LogP contribution in [0.15, 0.2) is 0 Å². The molecule has 3 N–H and O–H groups in total. The molecule has 10 nitrogen and oxygen atoms in total. The second-order valence-electron chi connectivity index (χ2n) is 12.1. The van der Waals surface area contributed by atoms with Crippen LogP contribution in [0.5, 0.6) is 0 Å². The predicted octanol–water partition coefficient (Wildman–Crippen LogP) is 5.27. The highest BCUT2D eigenvalue weighted by molar-refractivity contribution is 5.70. The zero-order chi connectivity index (χ0) is 32.2. The van der Waals surface area contributed by atoms with E-state index in [0.717, 1.165) is 51.4 Å². The smallest absolute Gasteiger partial charge is 0.305 e. The Morgan fingerprint density at radius 2 is 0.767 bits per heavy atom. The number of hydrogen-bond acceptors (Lipinski definition) is 10. The molecule has 0 bridgehead atoms. The molecule has 0 rings (SSSR count). The molecule has 0 saturated carbocycles. The van der Waals surface area contributed by atoms with Crippen molar-refractivity contribution in [2.24, 2.45) is 10.8 Å². The zero-order valence-corrected chi connectivity index (χ0v) is 27.4. The van der Waals surface area contributed by atoms with E-state index in [4.69, 9.17) is 18.9 Å². The third kappa shape index (κ3) is 20.8. The van der Waals surface area contributed by atoms with Gasteiger partial charge in [0.15, 0.2) is 0 Å². The quantitative estimate of drug-likeness (QED) is 0.0552. The summed E-state index contributed by atoms with van der Waals surface area (Å²) in [5.74, 6) is -1.21. The lowest BCUT2D eigenvalue weighted by molar-refractivity contribution is -0.170. The summed E-state index contributed by atoms with van der Waals surface area (Å²) >= 11 is 0. The third-order valence-electron chi connectivity index (χ3n) is 7.64. The standard InChI is InChI=1S/C33H62O10/c1-4-7-10-12-13-15-17-20-31(39)43-28-33(26-41-29(37)18-9-6-3,25-40-24-32(21-34,22-35)23-36)27-42-30(38)19-16-14-11-8-5-2/h34-36H,4-28H2,1-3H3. The van der Waals surface area contributed by atoms with Crippen molar-refractivity contribution in [3.05, 3.63) is 0 Å². The van der Waals surface area contributed by atoms with E-state index in [1.807, 2.05) is 6.92 Å². The zero-order valence-electron chi connectivity index (χ0n) is 27.4. The van der Waals surface area contributed by atoms with Gasteiger partial charge in [0, 0.05) is 19.3 Å². The Kier molecular flexibility index (Phi) is 25.6. The van der Waals surface area contributed by atoms with Gasteiger partial charge in [-0.1, -0.05) is 91.4 Å². The van der Waals surface area contributed by atoms with Gasteiger partial charge in [-0.2, -0.15) is 0 Å². The molecule has 0 aliphatic rings. The highest BCUT2D eigenvalue weighted by Crippen LogP contribution is 2.25. The summed E-state index contributed by atoms with van der Waals surface area (Å²) < 4.78 is 22.6. The van der Waals surface area contributed by atoms with Crippen molar-refractivity contribution < 1.29 is 48.7 Å².